The zero-order chi connectivity index (χ0) is 23.2. The summed E-state index contributed by atoms with van der Waals surface area (Å²) < 4.78 is 1.71. The van der Waals surface area contributed by atoms with Crippen LogP contribution in [-0.2, 0) is 0 Å². The second-order valence-electron chi connectivity index (χ2n) is 8.53. The van der Waals surface area contributed by atoms with Crippen molar-refractivity contribution in [3.8, 4) is 5.69 Å². The molecule has 0 amide bonds. The molecule has 1 fully saturated rings. The molecule has 0 radical (unpaired) electrons. The molecule has 5 aromatic rings. The molecule has 0 saturated carbocycles. The molecule has 4 heterocycles. The van der Waals surface area contributed by atoms with Gasteiger partial charge in [0.15, 0.2) is 5.43 Å². The van der Waals surface area contributed by atoms with Crippen LogP contribution >= 0.6 is 0 Å². The summed E-state index contributed by atoms with van der Waals surface area (Å²) in [7, 11) is 0. The highest BCUT2D eigenvalue weighted by Crippen LogP contribution is 2.37. The van der Waals surface area contributed by atoms with Crippen LogP contribution in [0.1, 0.15) is 30.3 Å². The first kappa shape index (κ1) is 20.3. The number of aromatic amines is 1. The molecule has 1 N–H and O–H groups in total. The number of anilines is 1. The van der Waals surface area contributed by atoms with Gasteiger partial charge in [0.2, 0.25) is 0 Å². The van der Waals surface area contributed by atoms with E-state index < -0.39 is 0 Å². The minimum absolute atomic E-state index is 0.0958. The van der Waals surface area contributed by atoms with E-state index in [-0.39, 0.29) is 17.0 Å². The van der Waals surface area contributed by atoms with Crippen LogP contribution in [0.3, 0.4) is 0 Å². The Bertz CT molecular complexity index is 1650. The van der Waals surface area contributed by atoms with Crippen LogP contribution in [0.2, 0.25) is 0 Å². The molecule has 6 rings (SSSR count). The molecule has 0 bridgehead atoms. The van der Waals surface area contributed by atoms with E-state index in [0.717, 1.165) is 24.1 Å². The SMILES string of the molecule is Cc1cccc2nc(C3CCCN3c3ncnc4[nH]ccc(=O)c34)n(-c3ccccc3)c(=O)c12. The third-order valence-corrected chi connectivity index (χ3v) is 6.50. The Balaban J connectivity index is 1.63. The zero-order valence-electron chi connectivity index (χ0n) is 18.6. The summed E-state index contributed by atoms with van der Waals surface area (Å²) in [5.74, 6) is 1.21. The van der Waals surface area contributed by atoms with Crippen molar-refractivity contribution in [2.75, 3.05) is 11.4 Å². The second-order valence-corrected chi connectivity index (χ2v) is 8.53. The van der Waals surface area contributed by atoms with Gasteiger partial charge in [0.25, 0.3) is 5.56 Å². The number of hydrogen-bond donors (Lipinski definition) is 1. The molecule has 1 atom stereocenters. The predicted octanol–water partition coefficient (Wildman–Crippen LogP) is 3.67. The van der Waals surface area contributed by atoms with Gasteiger partial charge in [-0.05, 0) is 43.5 Å². The number of pyridine rings is 1. The van der Waals surface area contributed by atoms with Crippen molar-refractivity contribution in [3.63, 3.8) is 0 Å². The lowest BCUT2D eigenvalue weighted by atomic mass is 10.1. The molecule has 8 nitrogen and oxygen atoms in total. The first-order chi connectivity index (χ1) is 16.6. The van der Waals surface area contributed by atoms with Gasteiger partial charge in [0.05, 0.1) is 22.6 Å². The molecular formula is C26H22N6O2. The van der Waals surface area contributed by atoms with Gasteiger partial charge < -0.3 is 9.88 Å². The quantitative estimate of drug-likeness (QED) is 0.451. The van der Waals surface area contributed by atoms with Crippen LogP contribution in [0.4, 0.5) is 5.82 Å². The number of aryl methyl sites for hydroxylation is 1. The average molecular weight is 451 g/mol. The minimum Gasteiger partial charge on any atom is -0.346 e. The van der Waals surface area contributed by atoms with E-state index in [1.165, 1.54) is 12.4 Å². The molecule has 1 aliphatic rings. The Morgan fingerprint density at radius 2 is 1.82 bits per heavy atom. The van der Waals surface area contributed by atoms with Gasteiger partial charge in [-0.3, -0.25) is 14.2 Å². The normalized spacial score (nSPS) is 15.9. The standard InChI is InChI=1S/C26H22N6O2/c1-16-7-5-10-18-21(16)26(34)32(17-8-3-2-4-9-17)24(30-18)19-11-6-14-31(19)25-22-20(33)12-13-27-23(22)28-15-29-25/h2-5,7-10,12-13,15,19H,6,11,14H2,1H3,(H,27,28,29,33). The maximum Gasteiger partial charge on any atom is 0.266 e. The lowest BCUT2D eigenvalue weighted by Crippen LogP contribution is -2.32. The van der Waals surface area contributed by atoms with Crippen LogP contribution in [0.25, 0.3) is 27.6 Å². The highest BCUT2D eigenvalue weighted by Gasteiger charge is 2.33. The van der Waals surface area contributed by atoms with Gasteiger partial charge >= 0.3 is 0 Å². The van der Waals surface area contributed by atoms with E-state index in [4.69, 9.17) is 4.98 Å². The Labute approximate surface area is 194 Å². The summed E-state index contributed by atoms with van der Waals surface area (Å²) in [6.07, 6.45) is 4.72. The number of H-pyrrole nitrogens is 1. The van der Waals surface area contributed by atoms with Gasteiger partial charge in [0.1, 0.15) is 29.0 Å². The fraction of sp³-hybridized carbons (Fsp3) is 0.192. The fourth-order valence-electron chi connectivity index (χ4n) is 4.96. The summed E-state index contributed by atoms with van der Waals surface area (Å²) in [4.78, 5) is 45.5. The molecule has 2 aromatic carbocycles. The molecule has 1 aliphatic heterocycles. The van der Waals surface area contributed by atoms with Gasteiger partial charge in [-0.1, -0.05) is 30.3 Å². The van der Waals surface area contributed by atoms with Crippen LogP contribution in [0, 0.1) is 6.92 Å². The van der Waals surface area contributed by atoms with Crippen molar-refractivity contribution in [2.45, 2.75) is 25.8 Å². The molecule has 0 aliphatic carbocycles. The van der Waals surface area contributed by atoms with Crippen molar-refractivity contribution >= 4 is 27.8 Å². The van der Waals surface area contributed by atoms with Gasteiger partial charge in [0, 0.05) is 18.8 Å². The Morgan fingerprint density at radius 3 is 2.68 bits per heavy atom. The van der Waals surface area contributed by atoms with Crippen molar-refractivity contribution < 1.29 is 0 Å². The molecule has 8 heteroatoms. The van der Waals surface area contributed by atoms with E-state index in [1.54, 1.807) is 10.8 Å². The summed E-state index contributed by atoms with van der Waals surface area (Å²) in [6.45, 7) is 2.63. The fourth-order valence-corrected chi connectivity index (χ4v) is 4.96. The second kappa shape index (κ2) is 7.91. The third kappa shape index (κ3) is 3.10. The Morgan fingerprint density at radius 1 is 0.971 bits per heavy atom. The van der Waals surface area contributed by atoms with Crippen molar-refractivity contribution in [1.82, 2.24) is 24.5 Å². The Kier molecular flexibility index (Phi) is 4.72. The lowest BCUT2D eigenvalue weighted by Gasteiger charge is -2.28. The minimum atomic E-state index is -0.226. The zero-order valence-corrected chi connectivity index (χ0v) is 18.6. The number of fused-ring (bicyclic) bond motifs is 2. The number of rotatable bonds is 3. The first-order valence-electron chi connectivity index (χ1n) is 11.3. The highest BCUT2D eigenvalue weighted by molar-refractivity contribution is 5.87. The van der Waals surface area contributed by atoms with Crippen LogP contribution in [-0.4, -0.2) is 31.0 Å². The number of aromatic nitrogens is 5. The monoisotopic (exact) mass is 450 g/mol. The number of para-hydroxylation sites is 1. The molecule has 168 valence electrons. The number of benzene rings is 2. The lowest BCUT2D eigenvalue weighted by molar-refractivity contribution is 0.634. The third-order valence-electron chi connectivity index (χ3n) is 6.50. The molecule has 1 saturated heterocycles. The van der Waals surface area contributed by atoms with Gasteiger partial charge in [-0.2, -0.15) is 0 Å². The number of nitrogens with one attached hydrogen (secondary N) is 1. The van der Waals surface area contributed by atoms with E-state index in [1.807, 2.05) is 55.5 Å². The van der Waals surface area contributed by atoms with Crippen LogP contribution < -0.4 is 15.9 Å². The largest absolute Gasteiger partial charge is 0.346 e. The van der Waals surface area contributed by atoms with E-state index in [0.29, 0.717) is 40.1 Å². The number of nitrogens with zero attached hydrogens (tertiary/aromatic N) is 5. The van der Waals surface area contributed by atoms with E-state index in [9.17, 15) is 9.59 Å². The summed E-state index contributed by atoms with van der Waals surface area (Å²) in [5, 5.41) is 1.06. The van der Waals surface area contributed by atoms with Crippen molar-refractivity contribution in [1.29, 1.82) is 0 Å². The van der Waals surface area contributed by atoms with Crippen LogP contribution in [0.5, 0.6) is 0 Å². The van der Waals surface area contributed by atoms with E-state index >= 15 is 0 Å². The van der Waals surface area contributed by atoms with E-state index in [2.05, 4.69) is 19.9 Å². The molecule has 0 spiro atoms. The maximum absolute atomic E-state index is 13.9. The Hall–Kier alpha value is -4.33. The van der Waals surface area contributed by atoms with Crippen molar-refractivity contribution in [2.24, 2.45) is 0 Å². The number of hydrogen-bond acceptors (Lipinski definition) is 6. The average Bonchev–Trinajstić information content (AvgIpc) is 3.34. The summed E-state index contributed by atoms with van der Waals surface area (Å²) >= 11 is 0. The topological polar surface area (TPSA) is 96.8 Å². The molecule has 3 aromatic heterocycles. The summed E-state index contributed by atoms with van der Waals surface area (Å²) in [6, 6.07) is 16.6. The molecular weight excluding hydrogens is 428 g/mol. The van der Waals surface area contributed by atoms with Gasteiger partial charge in [-0.25, -0.2) is 15.0 Å². The first-order valence-corrected chi connectivity index (χ1v) is 11.3. The molecule has 34 heavy (non-hydrogen) atoms. The molecule has 1 unspecified atom stereocenters. The van der Waals surface area contributed by atoms with Gasteiger partial charge in [-0.15, -0.1) is 0 Å². The summed E-state index contributed by atoms with van der Waals surface area (Å²) in [5.41, 5.74) is 2.58. The van der Waals surface area contributed by atoms with Crippen molar-refractivity contribution in [3.05, 3.63) is 99.1 Å². The predicted molar refractivity (Wildman–Crippen MR) is 132 cm³/mol. The maximum atomic E-state index is 13.9. The van der Waals surface area contributed by atoms with Crippen LogP contribution in [0.15, 0.2) is 76.7 Å². The smallest absolute Gasteiger partial charge is 0.266 e. The highest BCUT2D eigenvalue weighted by atomic mass is 16.1.